The molecule has 8 nitrogen and oxygen atoms in total. The predicted octanol–water partition coefficient (Wildman–Crippen LogP) is 1.12. The van der Waals surface area contributed by atoms with Gasteiger partial charge in [0.1, 0.15) is 11.8 Å². The first-order valence-corrected chi connectivity index (χ1v) is 9.76. The molecule has 2 bridgehead atoms. The zero-order chi connectivity index (χ0) is 21.2. The van der Waals surface area contributed by atoms with Gasteiger partial charge in [0.05, 0.1) is 19.2 Å². The summed E-state index contributed by atoms with van der Waals surface area (Å²) >= 11 is 0. The first-order chi connectivity index (χ1) is 14.0. The van der Waals surface area contributed by atoms with Crippen molar-refractivity contribution in [1.82, 2.24) is 16.1 Å². The van der Waals surface area contributed by atoms with Crippen LogP contribution < -0.4 is 20.9 Å². The molecule has 1 aromatic rings. The largest absolute Gasteiger partial charge is 0.494 e. The van der Waals surface area contributed by atoms with E-state index in [-0.39, 0.29) is 19.4 Å². The molecule has 3 rings (SSSR count). The van der Waals surface area contributed by atoms with Gasteiger partial charge in [-0.2, -0.15) is 0 Å². The van der Waals surface area contributed by atoms with Crippen LogP contribution in [0.25, 0.3) is 0 Å². The highest BCUT2D eigenvalue weighted by molar-refractivity contribution is 5.91. The Balaban J connectivity index is 2.25. The van der Waals surface area contributed by atoms with Crippen molar-refractivity contribution in [2.24, 2.45) is 11.8 Å². The van der Waals surface area contributed by atoms with Crippen molar-refractivity contribution in [3.63, 3.8) is 0 Å². The lowest BCUT2D eigenvalue weighted by atomic mass is 9.88. The number of amides is 3. The highest BCUT2D eigenvalue weighted by Gasteiger charge is 2.32. The third-order valence-electron chi connectivity index (χ3n) is 5.00. The summed E-state index contributed by atoms with van der Waals surface area (Å²) < 4.78 is 18.0. The van der Waals surface area contributed by atoms with Gasteiger partial charge in [0.15, 0.2) is 0 Å². The lowest BCUT2D eigenvalue weighted by Crippen LogP contribution is -2.51. The van der Waals surface area contributed by atoms with Crippen LogP contribution in [0.3, 0.4) is 0 Å². The Bertz CT molecular complexity index is 698. The number of rotatable bonds is 5. The number of nitrogens with one attached hydrogen (secondary N) is 3. The average Bonchev–Trinajstić information content (AvgIpc) is 2.73. The van der Waals surface area contributed by atoms with Gasteiger partial charge in [0.25, 0.3) is 0 Å². The molecule has 1 aromatic carbocycles. The van der Waals surface area contributed by atoms with Crippen molar-refractivity contribution in [2.45, 2.75) is 38.6 Å². The van der Waals surface area contributed by atoms with Gasteiger partial charge in [-0.3, -0.25) is 24.0 Å². The van der Waals surface area contributed by atoms with Gasteiger partial charge in [-0.25, -0.2) is 5.48 Å². The minimum absolute atomic E-state index is 0.166. The molecule has 3 amide bonds. The van der Waals surface area contributed by atoms with Crippen molar-refractivity contribution in [1.29, 1.82) is 0 Å². The quantitative estimate of drug-likeness (QED) is 0.330. The molecule has 0 fully saturated rings. The molecule has 2 heterocycles. The molecule has 0 unspecified atom stereocenters. The predicted molar refractivity (Wildman–Crippen MR) is 103 cm³/mol. The maximum atomic E-state index is 12.8. The summed E-state index contributed by atoms with van der Waals surface area (Å²) in [6, 6.07) is 6.32. The van der Waals surface area contributed by atoms with Gasteiger partial charge in [-0.1, -0.05) is 19.1 Å². The fourth-order valence-corrected chi connectivity index (χ4v) is 3.24. The number of carbonyl (C=O) groups excluding carboxylic acids is 3. The minimum Gasteiger partial charge on any atom is -0.494 e. The fourth-order valence-electron chi connectivity index (χ4n) is 3.24. The number of hydrogen-bond acceptors (Lipinski definition) is 5. The van der Waals surface area contributed by atoms with Crippen LogP contribution in [0, 0.1) is 11.8 Å². The molecule has 2 aliphatic heterocycles. The van der Waals surface area contributed by atoms with E-state index in [0.717, 1.165) is 5.56 Å². The normalized spacial score (nSPS) is 22.7. The SMILES string of the molecule is C[C@H]1C(=O)N[C@H](C(=O)NCCCF)Cc2ccc(cc2)OCCC[C@@H]1C(=O)NO. The number of hydrogen-bond donors (Lipinski definition) is 4. The first kappa shape index (κ1) is 22.6. The van der Waals surface area contributed by atoms with Crippen LogP contribution in [0.4, 0.5) is 4.39 Å². The molecule has 29 heavy (non-hydrogen) atoms. The van der Waals surface area contributed by atoms with E-state index in [2.05, 4.69) is 10.6 Å². The van der Waals surface area contributed by atoms with Crippen LogP contribution in [-0.4, -0.2) is 48.8 Å². The summed E-state index contributed by atoms with van der Waals surface area (Å²) in [5, 5.41) is 14.4. The van der Waals surface area contributed by atoms with Crippen molar-refractivity contribution in [2.75, 3.05) is 19.8 Å². The van der Waals surface area contributed by atoms with Crippen molar-refractivity contribution >= 4 is 17.7 Å². The van der Waals surface area contributed by atoms with Crippen LogP contribution in [-0.2, 0) is 20.8 Å². The Hall–Kier alpha value is -2.68. The summed E-state index contributed by atoms with van der Waals surface area (Å²) in [6.45, 7) is 1.56. The third-order valence-corrected chi connectivity index (χ3v) is 5.00. The monoisotopic (exact) mass is 409 g/mol. The Morgan fingerprint density at radius 3 is 2.66 bits per heavy atom. The summed E-state index contributed by atoms with van der Waals surface area (Å²) in [4.78, 5) is 37.4. The number of alkyl halides is 1. The number of ether oxygens (including phenoxy) is 1. The van der Waals surface area contributed by atoms with Gasteiger partial charge >= 0.3 is 0 Å². The Morgan fingerprint density at radius 1 is 1.28 bits per heavy atom. The van der Waals surface area contributed by atoms with E-state index < -0.39 is 42.3 Å². The summed E-state index contributed by atoms with van der Waals surface area (Å²) in [5.74, 6) is -2.44. The van der Waals surface area contributed by atoms with Crippen molar-refractivity contribution in [3.8, 4) is 5.75 Å². The molecular formula is C20H28FN3O5. The number of hydroxylamine groups is 1. The fraction of sp³-hybridized carbons (Fsp3) is 0.550. The molecule has 4 N–H and O–H groups in total. The molecule has 0 saturated heterocycles. The number of fused-ring (bicyclic) bond motifs is 11. The molecule has 160 valence electrons. The summed E-state index contributed by atoms with van der Waals surface area (Å²) in [6.07, 6.45) is 1.25. The van der Waals surface area contributed by atoms with Crippen LogP contribution >= 0.6 is 0 Å². The molecule has 2 aliphatic rings. The molecule has 0 radical (unpaired) electrons. The van der Waals surface area contributed by atoms with Crippen LogP contribution in [0.1, 0.15) is 31.7 Å². The molecule has 0 saturated carbocycles. The molecule has 9 heteroatoms. The molecule has 0 aliphatic carbocycles. The van der Waals surface area contributed by atoms with Gasteiger partial charge in [-0.05, 0) is 37.0 Å². The highest BCUT2D eigenvalue weighted by Crippen LogP contribution is 2.21. The topological polar surface area (TPSA) is 117 Å². The minimum atomic E-state index is -0.878. The van der Waals surface area contributed by atoms with E-state index in [0.29, 0.717) is 25.2 Å². The van der Waals surface area contributed by atoms with Crippen LogP contribution in [0.2, 0.25) is 0 Å². The van der Waals surface area contributed by atoms with Crippen LogP contribution in [0.15, 0.2) is 24.3 Å². The number of benzene rings is 1. The molecule has 0 spiro atoms. The zero-order valence-corrected chi connectivity index (χ0v) is 16.4. The van der Waals surface area contributed by atoms with Crippen LogP contribution in [0.5, 0.6) is 5.75 Å². The van der Waals surface area contributed by atoms with E-state index in [1.807, 2.05) is 12.1 Å². The Kier molecular flexibility index (Phi) is 8.85. The van der Waals surface area contributed by atoms with Gasteiger partial charge in [0, 0.05) is 18.9 Å². The first-order valence-electron chi connectivity index (χ1n) is 9.76. The second-order valence-corrected chi connectivity index (χ2v) is 7.10. The van der Waals surface area contributed by atoms with Gasteiger partial charge < -0.3 is 15.4 Å². The standard InChI is InChI=1S/C20H28FN3O5/c1-13-16(19(26)24-28)4-2-11-29-15-7-5-14(6-8-15)12-17(23-18(13)25)20(27)22-10-3-9-21/h5-8,13,16-17,28H,2-4,9-12H2,1H3,(H,22,27)(H,23,25)(H,24,26)/t13-,16+,17+/m1/s1. The van der Waals surface area contributed by atoms with Crippen molar-refractivity contribution < 1.29 is 28.7 Å². The smallest absolute Gasteiger partial charge is 0.247 e. The lowest BCUT2D eigenvalue weighted by Gasteiger charge is -2.25. The van der Waals surface area contributed by atoms with Gasteiger partial charge in [-0.15, -0.1) is 0 Å². The lowest BCUT2D eigenvalue weighted by molar-refractivity contribution is -0.141. The molecular weight excluding hydrogens is 381 g/mol. The van der Waals surface area contributed by atoms with E-state index in [1.54, 1.807) is 24.5 Å². The van der Waals surface area contributed by atoms with Crippen molar-refractivity contribution in [3.05, 3.63) is 29.8 Å². The van der Waals surface area contributed by atoms with E-state index in [9.17, 15) is 18.8 Å². The summed E-state index contributed by atoms with van der Waals surface area (Å²) in [5.41, 5.74) is 2.43. The highest BCUT2D eigenvalue weighted by atomic mass is 19.1. The zero-order valence-electron chi connectivity index (χ0n) is 16.4. The number of halogens is 1. The average molecular weight is 409 g/mol. The van der Waals surface area contributed by atoms with E-state index in [4.69, 9.17) is 9.94 Å². The second kappa shape index (κ2) is 11.4. The molecule has 3 atom stereocenters. The Morgan fingerprint density at radius 2 is 2.00 bits per heavy atom. The Labute approximate surface area is 169 Å². The number of carbonyl (C=O) groups is 3. The third kappa shape index (κ3) is 6.70. The molecule has 0 aromatic heterocycles. The van der Waals surface area contributed by atoms with E-state index >= 15 is 0 Å². The van der Waals surface area contributed by atoms with Gasteiger partial charge in [0.2, 0.25) is 17.7 Å². The maximum absolute atomic E-state index is 12.8. The second-order valence-electron chi connectivity index (χ2n) is 7.10. The summed E-state index contributed by atoms with van der Waals surface area (Å²) in [7, 11) is 0. The maximum Gasteiger partial charge on any atom is 0.247 e. The van der Waals surface area contributed by atoms with E-state index in [1.165, 1.54) is 0 Å².